The van der Waals surface area contributed by atoms with Crippen LogP contribution in [-0.2, 0) is 10.0 Å². The van der Waals surface area contributed by atoms with Gasteiger partial charge in [0, 0.05) is 22.3 Å². The highest BCUT2D eigenvalue weighted by molar-refractivity contribution is 7.92. The highest BCUT2D eigenvalue weighted by atomic mass is 35.5. The Balaban J connectivity index is 1.63. The van der Waals surface area contributed by atoms with Crippen molar-refractivity contribution in [2.75, 3.05) is 17.1 Å². The number of anilines is 2. The second-order valence-corrected chi connectivity index (χ2v) is 8.52. The number of halogens is 1. The maximum Gasteiger partial charge on any atom is 0.263 e. The Bertz CT molecular complexity index is 1200. The van der Waals surface area contributed by atoms with E-state index in [0.29, 0.717) is 16.3 Å². The van der Waals surface area contributed by atoms with Crippen LogP contribution in [0.25, 0.3) is 0 Å². The minimum Gasteiger partial charge on any atom is -0.481 e. The van der Waals surface area contributed by atoms with Gasteiger partial charge in [0.1, 0.15) is 12.1 Å². The first kappa shape index (κ1) is 22.4. The summed E-state index contributed by atoms with van der Waals surface area (Å²) in [5, 5.41) is 5.92. The Morgan fingerprint density at radius 2 is 1.74 bits per heavy atom. The fourth-order valence-corrected chi connectivity index (χ4v) is 3.70. The van der Waals surface area contributed by atoms with Crippen LogP contribution < -0.4 is 20.1 Å². The normalized spacial score (nSPS) is 10.8. The summed E-state index contributed by atoms with van der Waals surface area (Å²) in [4.78, 5) is 19.9. The highest BCUT2D eigenvalue weighted by Crippen LogP contribution is 2.19. The number of carbonyl (C=O) groups is 1. The van der Waals surface area contributed by atoms with E-state index in [9.17, 15) is 13.2 Å². The number of benzene rings is 2. The topological polar surface area (TPSA) is 122 Å². The molecule has 0 spiro atoms. The van der Waals surface area contributed by atoms with Gasteiger partial charge in [-0.15, -0.1) is 0 Å². The Kier molecular flexibility index (Phi) is 7.00. The molecule has 0 saturated heterocycles. The molecule has 0 saturated carbocycles. The van der Waals surface area contributed by atoms with E-state index in [1.165, 1.54) is 43.8 Å². The largest absolute Gasteiger partial charge is 0.481 e. The number of sulfonamides is 1. The van der Waals surface area contributed by atoms with Gasteiger partial charge in [0.05, 0.1) is 12.0 Å². The van der Waals surface area contributed by atoms with Gasteiger partial charge in [0.15, 0.2) is 5.11 Å². The van der Waals surface area contributed by atoms with Crippen LogP contribution in [0.1, 0.15) is 10.4 Å². The van der Waals surface area contributed by atoms with E-state index in [0.717, 1.165) is 0 Å². The number of rotatable bonds is 6. The molecule has 0 bridgehead atoms. The summed E-state index contributed by atoms with van der Waals surface area (Å²) in [5.41, 5.74) is 0.881. The predicted molar refractivity (Wildman–Crippen MR) is 121 cm³/mol. The Morgan fingerprint density at radius 3 is 2.39 bits per heavy atom. The Hall–Kier alpha value is -3.28. The first-order valence-corrected chi connectivity index (χ1v) is 10.9. The van der Waals surface area contributed by atoms with Gasteiger partial charge >= 0.3 is 0 Å². The summed E-state index contributed by atoms with van der Waals surface area (Å²) in [6.45, 7) is 0. The molecule has 31 heavy (non-hydrogen) atoms. The number of hydrogen-bond acceptors (Lipinski definition) is 7. The molecule has 9 nitrogen and oxygen atoms in total. The molecular formula is C19H16ClN5O4S2. The quantitative estimate of drug-likeness (QED) is 0.463. The molecule has 0 atom stereocenters. The van der Waals surface area contributed by atoms with Crippen molar-refractivity contribution in [2.45, 2.75) is 4.90 Å². The molecule has 0 radical (unpaired) electrons. The second-order valence-electron chi connectivity index (χ2n) is 5.99. The van der Waals surface area contributed by atoms with Gasteiger partial charge in [-0.25, -0.2) is 18.4 Å². The van der Waals surface area contributed by atoms with Crippen LogP contribution in [0.5, 0.6) is 5.88 Å². The monoisotopic (exact) mass is 477 g/mol. The average Bonchev–Trinajstić information content (AvgIpc) is 2.74. The number of carbonyl (C=O) groups excluding carboxylic acids is 1. The molecule has 0 aliphatic heterocycles. The Labute approximate surface area is 188 Å². The van der Waals surface area contributed by atoms with Crippen LogP contribution in [0.15, 0.2) is 65.8 Å². The first-order chi connectivity index (χ1) is 14.8. The van der Waals surface area contributed by atoms with Gasteiger partial charge in [-0.3, -0.25) is 14.8 Å². The molecular weight excluding hydrogens is 462 g/mol. The van der Waals surface area contributed by atoms with Crippen molar-refractivity contribution in [3.8, 4) is 5.88 Å². The number of thiocarbonyl (C=S) groups is 1. The van der Waals surface area contributed by atoms with E-state index < -0.39 is 15.9 Å². The van der Waals surface area contributed by atoms with Crippen LogP contribution in [0.4, 0.5) is 11.5 Å². The van der Waals surface area contributed by atoms with Crippen molar-refractivity contribution in [3.05, 3.63) is 71.5 Å². The lowest BCUT2D eigenvalue weighted by Crippen LogP contribution is -2.34. The van der Waals surface area contributed by atoms with Gasteiger partial charge in [0.25, 0.3) is 15.9 Å². The maximum absolute atomic E-state index is 12.5. The predicted octanol–water partition coefficient (Wildman–Crippen LogP) is 3.07. The van der Waals surface area contributed by atoms with Crippen LogP contribution in [-0.4, -0.2) is 36.5 Å². The summed E-state index contributed by atoms with van der Waals surface area (Å²) in [7, 11) is -2.47. The SMILES string of the molecule is COc1cc(NS(=O)(=O)c2ccc(NC(=S)NC(=O)c3ccc(Cl)cc3)cc2)ncn1. The molecule has 0 aliphatic rings. The van der Waals surface area contributed by atoms with Crippen molar-refractivity contribution in [3.63, 3.8) is 0 Å². The minimum absolute atomic E-state index is 0.00625. The smallest absolute Gasteiger partial charge is 0.263 e. The summed E-state index contributed by atoms with van der Waals surface area (Å²) in [6.07, 6.45) is 1.18. The van der Waals surface area contributed by atoms with E-state index in [1.807, 2.05) is 0 Å². The molecule has 160 valence electrons. The van der Waals surface area contributed by atoms with Crippen LogP contribution in [0, 0.1) is 0 Å². The molecule has 1 heterocycles. The van der Waals surface area contributed by atoms with Crippen LogP contribution in [0.2, 0.25) is 5.02 Å². The number of amides is 1. The van der Waals surface area contributed by atoms with Crippen molar-refractivity contribution in [1.29, 1.82) is 0 Å². The van der Waals surface area contributed by atoms with Gasteiger partial charge in [0.2, 0.25) is 5.88 Å². The average molecular weight is 478 g/mol. The van der Waals surface area contributed by atoms with E-state index in [-0.39, 0.29) is 21.7 Å². The number of hydrogen-bond donors (Lipinski definition) is 3. The van der Waals surface area contributed by atoms with Crippen LogP contribution >= 0.6 is 23.8 Å². The summed E-state index contributed by atoms with van der Waals surface area (Å²) in [6, 6.07) is 13.5. The highest BCUT2D eigenvalue weighted by Gasteiger charge is 2.16. The standard InChI is InChI=1S/C19H16ClN5O4S2/c1-29-17-10-16(21-11-22-17)25-31(27,28)15-8-6-14(7-9-15)23-19(30)24-18(26)12-2-4-13(20)5-3-12/h2-11H,1H3,(H,21,22,25)(H2,23,24,26,30). The summed E-state index contributed by atoms with van der Waals surface area (Å²) >= 11 is 10.9. The van der Waals surface area contributed by atoms with E-state index >= 15 is 0 Å². The van der Waals surface area contributed by atoms with Gasteiger partial charge in [-0.05, 0) is 60.7 Å². The number of nitrogens with one attached hydrogen (secondary N) is 3. The molecule has 0 aliphatic carbocycles. The van der Waals surface area contributed by atoms with Gasteiger partial charge < -0.3 is 10.1 Å². The lowest BCUT2D eigenvalue weighted by atomic mass is 10.2. The number of aromatic nitrogens is 2. The molecule has 0 fully saturated rings. The van der Waals surface area contributed by atoms with Gasteiger partial charge in [-0.2, -0.15) is 0 Å². The third-order valence-electron chi connectivity index (χ3n) is 3.85. The van der Waals surface area contributed by atoms with Crippen molar-refractivity contribution in [2.24, 2.45) is 0 Å². The summed E-state index contributed by atoms with van der Waals surface area (Å²) < 4.78 is 32.4. The molecule has 1 amide bonds. The zero-order chi connectivity index (χ0) is 22.4. The van der Waals surface area contributed by atoms with Gasteiger partial charge in [-0.1, -0.05) is 11.6 Å². The number of nitrogens with zero attached hydrogens (tertiary/aromatic N) is 2. The van der Waals surface area contributed by atoms with Crippen molar-refractivity contribution in [1.82, 2.24) is 15.3 Å². The lowest BCUT2D eigenvalue weighted by molar-refractivity contribution is 0.0977. The maximum atomic E-state index is 12.5. The summed E-state index contributed by atoms with van der Waals surface area (Å²) in [5.74, 6) is -0.112. The van der Waals surface area contributed by atoms with Crippen LogP contribution in [0.3, 0.4) is 0 Å². The zero-order valence-electron chi connectivity index (χ0n) is 16.0. The van der Waals surface area contributed by atoms with Crippen molar-refractivity contribution < 1.29 is 17.9 Å². The van der Waals surface area contributed by atoms with E-state index in [1.54, 1.807) is 24.3 Å². The number of ether oxygens (including phenoxy) is 1. The fourth-order valence-electron chi connectivity index (χ4n) is 2.36. The molecule has 3 rings (SSSR count). The minimum atomic E-state index is -3.88. The molecule has 0 unspecified atom stereocenters. The van der Waals surface area contributed by atoms with E-state index in [2.05, 4.69) is 25.3 Å². The first-order valence-electron chi connectivity index (χ1n) is 8.63. The molecule has 3 N–H and O–H groups in total. The lowest BCUT2D eigenvalue weighted by Gasteiger charge is -2.11. The fraction of sp³-hybridized carbons (Fsp3) is 0.0526. The van der Waals surface area contributed by atoms with E-state index in [4.69, 9.17) is 28.6 Å². The number of methoxy groups -OCH3 is 1. The molecule has 1 aromatic heterocycles. The molecule has 3 aromatic rings. The second kappa shape index (κ2) is 9.69. The molecule has 2 aromatic carbocycles. The third-order valence-corrected chi connectivity index (χ3v) is 5.67. The third kappa shape index (κ3) is 6.10. The zero-order valence-corrected chi connectivity index (χ0v) is 18.4. The molecule has 12 heteroatoms. The van der Waals surface area contributed by atoms with Crippen molar-refractivity contribution >= 4 is 56.4 Å². The Morgan fingerprint density at radius 1 is 1.06 bits per heavy atom.